The summed E-state index contributed by atoms with van der Waals surface area (Å²) in [5, 5.41) is 10.2. The largest absolute Gasteiger partial charge is 0.402 e. The van der Waals surface area contributed by atoms with Gasteiger partial charge in [-0.1, -0.05) is 0 Å². The second-order valence-electron chi connectivity index (χ2n) is 8.11. The van der Waals surface area contributed by atoms with Crippen molar-refractivity contribution >= 4 is 36.3 Å². The van der Waals surface area contributed by atoms with Gasteiger partial charge in [0, 0.05) is 44.4 Å². The van der Waals surface area contributed by atoms with Crippen molar-refractivity contribution in [1.82, 2.24) is 14.1 Å². The van der Waals surface area contributed by atoms with Crippen LogP contribution in [0.3, 0.4) is 0 Å². The fourth-order valence-corrected chi connectivity index (χ4v) is 3.98. The van der Waals surface area contributed by atoms with Crippen molar-refractivity contribution in [3.63, 3.8) is 0 Å². The monoisotopic (exact) mass is 518 g/mol. The molecule has 0 saturated carbocycles. The zero-order chi connectivity index (χ0) is 26.1. The number of halogens is 4. The van der Waals surface area contributed by atoms with E-state index in [-0.39, 0.29) is 31.2 Å². The van der Waals surface area contributed by atoms with E-state index in [1.54, 1.807) is 13.3 Å². The molecular formula is C21H30ClF3N8O2. The molecule has 0 amide bonds. The summed E-state index contributed by atoms with van der Waals surface area (Å²) in [5.41, 5.74) is 5.62. The maximum Gasteiger partial charge on any atom is 0.355 e. The quantitative estimate of drug-likeness (QED) is 0.220. The molecule has 0 saturated heterocycles. The van der Waals surface area contributed by atoms with E-state index in [2.05, 4.69) is 27.0 Å². The number of aliphatic imine (C=N–C) groups is 2. The topological polar surface area (TPSA) is 144 Å². The Labute approximate surface area is 205 Å². The third kappa shape index (κ3) is 7.51. The predicted molar refractivity (Wildman–Crippen MR) is 132 cm³/mol. The van der Waals surface area contributed by atoms with Gasteiger partial charge in [-0.25, -0.2) is 27.9 Å². The molecule has 194 valence electrons. The lowest BCUT2D eigenvalue weighted by molar-refractivity contribution is 0.137. The second-order valence-corrected chi connectivity index (χ2v) is 8.67. The molecule has 1 aromatic heterocycles. The molecule has 0 aromatic carbocycles. The van der Waals surface area contributed by atoms with Crippen molar-refractivity contribution < 1.29 is 13.2 Å². The molecule has 0 bridgehead atoms. The molecule has 4 unspecified atom stereocenters. The fraction of sp³-hybridized carbons (Fsp3) is 0.619. The van der Waals surface area contributed by atoms with E-state index in [0.717, 1.165) is 10.1 Å². The minimum absolute atomic E-state index is 0.00899. The van der Waals surface area contributed by atoms with E-state index >= 15 is 0 Å². The molecule has 0 fully saturated rings. The van der Waals surface area contributed by atoms with Gasteiger partial charge < -0.3 is 11.1 Å². The molecule has 0 radical (unpaired) electrons. The fourth-order valence-electron chi connectivity index (χ4n) is 3.66. The summed E-state index contributed by atoms with van der Waals surface area (Å²) in [5.74, 6) is -0.431. The first-order valence-corrected chi connectivity index (χ1v) is 11.5. The minimum Gasteiger partial charge on any atom is -0.402 e. The molecule has 10 nitrogen and oxygen atoms in total. The van der Waals surface area contributed by atoms with E-state index in [1.807, 2.05) is 0 Å². The maximum atomic E-state index is 14.0. The molecule has 35 heavy (non-hydrogen) atoms. The normalized spacial score (nSPS) is 20.1. The van der Waals surface area contributed by atoms with Crippen LogP contribution in [0, 0.1) is 5.41 Å². The average Bonchev–Trinajstić information content (AvgIpc) is 2.81. The van der Waals surface area contributed by atoms with Crippen molar-refractivity contribution in [3.8, 4) is 0 Å². The molecule has 1 aliphatic carbocycles. The summed E-state index contributed by atoms with van der Waals surface area (Å²) in [4.78, 5) is 37.0. The van der Waals surface area contributed by atoms with Crippen LogP contribution in [0.25, 0.3) is 0 Å². The van der Waals surface area contributed by atoms with Crippen LogP contribution in [0.2, 0.25) is 0 Å². The zero-order valence-corrected chi connectivity index (χ0v) is 20.1. The van der Waals surface area contributed by atoms with Gasteiger partial charge in [-0.15, -0.1) is 11.6 Å². The van der Waals surface area contributed by atoms with Crippen molar-refractivity contribution in [1.29, 1.82) is 5.41 Å². The molecule has 14 heteroatoms. The highest BCUT2D eigenvalue weighted by molar-refractivity contribution is 6.21. The Morgan fingerprint density at radius 1 is 1.34 bits per heavy atom. The number of alkyl halides is 4. The molecule has 0 spiro atoms. The van der Waals surface area contributed by atoms with Gasteiger partial charge >= 0.3 is 11.4 Å². The average molecular weight is 519 g/mol. The molecule has 4 atom stereocenters. The van der Waals surface area contributed by atoms with E-state index in [1.165, 1.54) is 0 Å². The Morgan fingerprint density at radius 3 is 2.66 bits per heavy atom. The van der Waals surface area contributed by atoms with Crippen molar-refractivity contribution in [2.45, 2.75) is 69.0 Å². The summed E-state index contributed by atoms with van der Waals surface area (Å²) < 4.78 is 41.8. The highest BCUT2D eigenvalue weighted by atomic mass is 35.5. The van der Waals surface area contributed by atoms with Crippen LogP contribution in [0.5, 0.6) is 0 Å². The number of amidine groups is 1. The first-order chi connectivity index (χ1) is 16.6. The summed E-state index contributed by atoms with van der Waals surface area (Å²) in [6.07, 6.45) is -2.37. The van der Waals surface area contributed by atoms with Crippen LogP contribution < -0.4 is 22.4 Å². The Balaban J connectivity index is 2.36. The van der Waals surface area contributed by atoms with E-state index in [0.29, 0.717) is 23.1 Å². The summed E-state index contributed by atoms with van der Waals surface area (Å²) in [6, 6.07) is -0.466. The van der Waals surface area contributed by atoms with Crippen molar-refractivity contribution in [2.24, 2.45) is 15.7 Å². The van der Waals surface area contributed by atoms with Gasteiger partial charge in [0.15, 0.2) is 0 Å². The van der Waals surface area contributed by atoms with Crippen LogP contribution in [-0.2, 0) is 13.1 Å². The lowest BCUT2D eigenvalue weighted by Gasteiger charge is -2.30. The molecule has 2 rings (SSSR count). The lowest BCUT2D eigenvalue weighted by Crippen LogP contribution is -2.46. The Morgan fingerprint density at radius 2 is 2.03 bits per heavy atom. The summed E-state index contributed by atoms with van der Waals surface area (Å²) >= 11 is 6.47. The third-order valence-corrected chi connectivity index (χ3v) is 6.05. The van der Waals surface area contributed by atoms with Crippen molar-refractivity contribution in [2.75, 3.05) is 19.0 Å². The summed E-state index contributed by atoms with van der Waals surface area (Å²) in [6.45, 7) is 1.65. The molecule has 0 aliphatic heterocycles. The van der Waals surface area contributed by atoms with E-state index < -0.39 is 54.8 Å². The maximum absolute atomic E-state index is 14.0. The predicted octanol–water partition coefficient (Wildman–Crippen LogP) is 1.99. The molecule has 1 heterocycles. The van der Waals surface area contributed by atoms with Gasteiger partial charge in [0.2, 0.25) is 5.95 Å². The van der Waals surface area contributed by atoms with Gasteiger partial charge in [-0.05, 0) is 31.6 Å². The Kier molecular flexibility index (Phi) is 10.7. The Hall–Kier alpha value is -2.96. The molecule has 4 N–H and O–H groups in total. The van der Waals surface area contributed by atoms with Gasteiger partial charge in [-0.3, -0.25) is 19.4 Å². The Bertz CT molecular complexity index is 1090. The van der Waals surface area contributed by atoms with E-state index in [4.69, 9.17) is 22.7 Å². The van der Waals surface area contributed by atoms with Gasteiger partial charge in [0.1, 0.15) is 18.2 Å². The number of nitrogens with one attached hydrogen (secondary N) is 2. The zero-order valence-electron chi connectivity index (χ0n) is 19.4. The number of hydrogen-bond acceptors (Lipinski definition) is 7. The number of nitrogens with two attached hydrogens (primary N) is 1. The number of hydrogen-bond donors (Lipinski definition) is 3. The smallest absolute Gasteiger partial charge is 0.355 e. The van der Waals surface area contributed by atoms with Crippen LogP contribution in [0.15, 0.2) is 30.8 Å². The minimum atomic E-state index is -1.95. The lowest BCUT2D eigenvalue weighted by atomic mass is 9.92. The first kappa shape index (κ1) is 28.3. The first-order valence-electron chi connectivity index (χ1n) is 11.0. The van der Waals surface area contributed by atoms with Crippen LogP contribution in [0.4, 0.5) is 19.1 Å². The van der Waals surface area contributed by atoms with Crippen LogP contribution in [-0.4, -0.2) is 70.4 Å². The number of rotatable bonds is 12. The van der Waals surface area contributed by atoms with Gasteiger partial charge in [0.25, 0.3) is 0 Å². The standard InChI is InChI=1S/C21H30ClF3N8O2/c1-28-10-12-8-17(13(22)9-16(12)26)30-19-31-20(34)33(11-18(27)29-2)21(35)32(19)7-3-4-14(24)15(25)5-6-23/h10,13-15,17,27H,2-9,11,26H2,1H3,(H,30,31,34). The van der Waals surface area contributed by atoms with Crippen molar-refractivity contribution in [3.05, 3.63) is 32.2 Å². The number of allylic oxidation sites excluding steroid dienone is 1. The summed E-state index contributed by atoms with van der Waals surface area (Å²) in [7, 11) is 1.59. The second kappa shape index (κ2) is 13.2. The number of nitrogens with zero attached hydrogens (tertiary/aromatic N) is 5. The molecular weight excluding hydrogens is 489 g/mol. The van der Waals surface area contributed by atoms with Gasteiger partial charge in [0.05, 0.1) is 18.6 Å². The molecule has 1 aliphatic rings. The number of anilines is 1. The SMILES string of the molecule is C=NC(=N)Cn1c(=O)nc(NC2CC(C=NC)=C(N)CC2Cl)n(CCCC(F)C(F)CCF)c1=O. The van der Waals surface area contributed by atoms with E-state index in [9.17, 15) is 22.8 Å². The van der Waals surface area contributed by atoms with Crippen LogP contribution >= 0.6 is 11.6 Å². The van der Waals surface area contributed by atoms with Crippen LogP contribution in [0.1, 0.15) is 32.1 Å². The highest BCUT2D eigenvalue weighted by Crippen LogP contribution is 2.27. The highest BCUT2D eigenvalue weighted by Gasteiger charge is 2.29. The van der Waals surface area contributed by atoms with Gasteiger partial charge in [-0.2, -0.15) is 4.98 Å². The number of aromatic nitrogens is 3. The third-order valence-electron chi connectivity index (χ3n) is 5.59. The molecule has 1 aromatic rings.